The van der Waals surface area contributed by atoms with Gasteiger partial charge in [0.15, 0.2) is 11.5 Å². The zero-order valence-corrected chi connectivity index (χ0v) is 14.6. The highest BCUT2D eigenvalue weighted by molar-refractivity contribution is 5.96. The molecule has 0 aliphatic heterocycles. The first-order valence-electron chi connectivity index (χ1n) is 8.19. The number of nitrogens with zero attached hydrogens (tertiary/aromatic N) is 1. The predicted octanol–water partition coefficient (Wildman–Crippen LogP) is 1.69. The normalized spacial score (nSPS) is 11.8. The average molecular weight is 359 g/mol. The molecule has 1 atom stereocenters. The van der Waals surface area contributed by atoms with E-state index in [4.69, 9.17) is 9.63 Å². The maximum atomic E-state index is 12.1. The maximum Gasteiger partial charge on any atom is 0.326 e. The van der Waals surface area contributed by atoms with Gasteiger partial charge in [-0.3, -0.25) is 9.59 Å². The van der Waals surface area contributed by atoms with E-state index in [1.165, 1.54) is 6.07 Å². The monoisotopic (exact) mass is 359 g/mol. The topological polar surface area (TPSA) is 122 Å². The number of carboxylic acids is 1. The van der Waals surface area contributed by atoms with Crippen LogP contribution in [0.5, 0.6) is 0 Å². The summed E-state index contributed by atoms with van der Waals surface area (Å²) in [4.78, 5) is 35.1. The zero-order chi connectivity index (χ0) is 19.1. The summed E-state index contributed by atoms with van der Waals surface area (Å²) in [5.74, 6) is -1.73. The lowest BCUT2D eigenvalue weighted by atomic mass is 10.0. The van der Waals surface area contributed by atoms with Gasteiger partial charge in [0, 0.05) is 11.6 Å². The smallest absolute Gasteiger partial charge is 0.326 e. The summed E-state index contributed by atoms with van der Waals surface area (Å²) in [7, 11) is 0. The van der Waals surface area contributed by atoms with Crippen LogP contribution in [0.15, 0.2) is 40.9 Å². The second-order valence-corrected chi connectivity index (χ2v) is 6.21. The molecule has 3 N–H and O–H groups in total. The van der Waals surface area contributed by atoms with Crippen molar-refractivity contribution in [2.75, 3.05) is 6.54 Å². The Hall–Kier alpha value is -3.16. The third-order valence-corrected chi connectivity index (χ3v) is 3.55. The Morgan fingerprint density at radius 2 is 1.88 bits per heavy atom. The molecule has 1 aromatic heterocycles. The van der Waals surface area contributed by atoms with Crippen molar-refractivity contribution < 1.29 is 24.0 Å². The summed E-state index contributed by atoms with van der Waals surface area (Å²) in [5.41, 5.74) is 0.809. The summed E-state index contributed by atoms with van der Waals surface area (Å²) < 4.78 is 5.13. The minimum atomic E-state index is -1.11. The van der Waals surface area contributed by atoms with Gasteiger partial charge < -0.3 is 20.3 Å². The van der Waals surface area contributed by atoms with Gasteiger partial charge in [0.05, 0.1) is 6.54 Å². The quantitative estimate of drug-likeness (QED) is 0.659. The second-order valence-electron chi connectivity index (χ2n) is 6.21. The third-order valence-electron chi connectivity index (χ3n) is 3.55. The van der Waals surface area contributed by atoms with Crippen LogP contribution < -0.4 is 10.6 Å². The van der Waals surface area contributed by atoms with Crippen LogP contribution in [0.4, 0.5) is 0 Å². The molecule has 0 radical (unpaired) electrons. The molecule has 0 bridgehead atoms. The number of carbonyl (C=O) groups excluding carboxylic acids is 2. The number of nitrogens with one attached hydrogen (secondary N) is 2. The van der Waals surface area contributed by atoms with Crippen molar-refractivity contribution in [2.45, 2.75) is 26.3 Å². The molecule has 2 amide bonds. The van der Waals surface area contributed by atoms with Crippen molar-refractivity contribution in [1.82, 2.24) is 15.8 Å². The van der Waals surface area contributed by atoms with E-state index in [-0.39, 0.29) is 18.2 Å². The summed E-state index contributed by atoms with van der Waals surface area (Å²) in [6.07, 6.45) is 0.304. The van der Waals surface area contributed by atoms with Crippen molar-refractivity contribution in [1.29, 1.82) is 0 Å². The molecule has 0 aliphatic rings. The first-order chi connectivity index (χ1) is 12.4. The molecule has 1 aromatic carbocycles. The van der Waals surface area contributed by atoms with E-state index in [1.54, 1.807) is 0 Å². The number of benzene rings is 1. The van der Waals surface area contributed by atoms with Gasteiger partial charge in [0.25, 0.3) is 5.91 Å². The standard InChI is InChI=1S/C18H21N3O5/c1-11(2)8-14(18(24)25)20-16(22)10-19-17(23)13-9-15(26-21-13)12-6-4-3-5-7-12/h3-7,9,11,14H,8,10H2,1-2H3,(H,19,23)(H,20,22)(H,24,25)/t14-/m0/s1. The molecule has 8 heteroatoms. The van der Waals surface area contributed by atoms with Gasteiger partial charge in [0.2, 0.25) is 5.91 Å². The second kappa shape index (κ2) is 8.80. The summed E-state index contributed by atoms with van der Waals surface area (Å²) >= 11 is 0. The van der Waals surface area contributed by atoms with Crippen LogP contribution in [-0.4, -0.2) is 40.6 Å². The number of carboxylic acid groups (broad SMARTS) is 1. The minimum absolute atomic E-state index is 0.0358. The predicted molar refractivity (Wildman–Crippen MR) is 93.3 cm³/mol. The van der Waals surface area contributed by atoms with Crippen LogP contribution in [0.1, 0.15) is 30.8 Å². The molecule has 0 aliphatic carbocycles. The van der Waals surface area contributed by atoms with E-state index in [2.05, 4.69) is 15.8 Å². The highest BCUT2D eigenvalue weighted by atomic mass is 16.5. The van der Waals surface area contributed by atoms with Gasteiger partial charge in [-0.15, -0.1) is 0 Å². The Labute approximate surface area is 150 Å². The maximum absolute atomic E-state index is 12.1. The van der Waals surface area contributed by atoms with E-state index in [0.717, 1.165) is 5.56 Å². The van der Waals surface area contributed by atoms with Crippen LogP contribution in [-0.2, 0) is 9.59 Å². The Morgan fingerprint density at radius 3 is 2.50 bits per heavy atom. The molecule has 2 rings (SSSR count). The fourth-order valence-electron chi connectivity index (χ4n) is 2.31. The van der Waals surface area contributed by atoms with Crippen LogP contribution in [0.3, 0.4) is 0 Å². The molecule has 138 valence electrons. The van der Waals surface area contributed by atoms with Crippen LogP contribution in [0, 0.1) is 5.92 Å². The SMILES string of the molecule is CC(C)C[C@H](NC(=O)CNC(=O)c1cc(-c2ccccc2)on1)C(=O)O. The van der Waals surface area contributed by atoms with Crippen LogP contribution in [0.2, 0.25) is 0 Å². The minimum Gasteiger partial charge on any atom is -0.480 e. The lowest BCUT2D eigenvalue weighted by Crippen LogP contribution is -2.46. The number of carbonyl (C=O) groups is 3. The number of amides is 2. The molecular weight excluding hydrogens is 338 g/mol. The van der Waals surface area contributed by atoms with E-state index in [1.807, 2.05) is 44.2 Å². The molecule has 0 fully saturated rings. The van der Waals surface area contributed by atoms with E-state index < -0.39 is 23.8 Å². The average Bonchev–Trinajstić information content (AvgIpc) is 3.09. The van der Waals surface area contributed by atoms with Gasteiger partial charge in [-0.25, -0.2) is 4.79 Å². The van der Waals surface area contributed by atoms with Crippen LogP contribution >= 0.6 is 0 Å². The van der Waals surface area contributed by atoms with Crippen molar-refractivity contribution in [3.05, 3.63) is 42.1 Å². The molecule has 0 spiro atoms. The number of rotatable bonds is 8. The number of aliphatic carboxylic acids is 1. The third kappa shape index (κ3) is 5.44. The largest absolute Gasteiger partial charge is 0.480 e. The van der Waals surface area contributed by atoms with E-state index >= 15 is 0 Å². The van der Waals surface area contributed by atoms with Crippen molar-refractivity contribution >= 4 is 17.8 Å². The Morgan fingerprint density at radius 1 is 1.19 bits per heavy atom. The van der Waals surface area contributed by atoms with Gasteiger partial charge in [-0.05, 0) is 12.3 Å². The molecule has 0 saturated heterocycles. The summed E-state index contributed by atoms with van der Waals surface area (Å²) in [6, 6.07) is 9.64. The Kier molecular flexibility index (Phi) is 6.48. The highest BCUT2D eigenvalue weighted by Gasteiger charge is 2.21. The van der Waals surface area contributed by atoms with Crippen LogP contribution in [0.25, 0.3) is 11.3 Å². The van der Waals surface area contributed by atoms with Crippen molar-refractivity contribution in [2.24, 2.45) is 5.92 Å². The molecule has 2 aromatic rings. The van der Waals surface area contributed by atoms with Gasteiger partial charge in [-0.1, -0.05) is 49.3 Å². The summed E-state index contributed by atoms with van der Waals surface area (Å²) in [6.45, 7) is 3.37. The van der Waals surface area contributed by atoms with Gasteiger partial charge >= 0.3 is 5.97 Å². The molecule has 0 saturated carbocycles. The molecule has 26 heavy (non-hydrogen) atoms. The summed E-state index contributed by atoms with van der Waals surface area (Å²) in [5, 5.41) is 17.6. The lowest BCUT2D eigenvalue weighted by molar-refractivity contribution is -0.142. The van der Waals surface area contributed by atoms with Gasteiger partial charge in [0.1, 0.15) is 6.04 Å². The molecule has 1 heterocycles. The van der Waals surface area contributed by atoms with E-state index in [9.17, 15) is 14.4 Å². The first kappa shape index (κ1) is 19.2. The lowest BCUT2D eigenvalue weighted by Gasteiger charge is -2.16. The number of hydrogen-bond acceptors (Lipinski definition) is 5. The highest BCUT2D eigenvalue weighted by Crippen LogP contribution is 2.19. The Bertz CT molecular complexity index is 770. The zero-order valence-electron chi connectivity index (χ0n) is 14.6. The molecule has 8 nitrogen and oxygen atoms in total. The first-order valence-corrected chi connectivity index (χ1v) is 8.19. The number of hydrogen-bond donors (Lipinski definition) is 3. The molecular formula is C18H21N3O5. The number of aromatic nitrogens is 1. The fourth-order valence-corrected chi connectivity index (χ4v) is 2.31. The van der Waals surface area contributed by atoms with Crippen molar-refractivity contribution in [3.63, 3.8) is 0 Å². The van der Waals surface area contributed by atoms with Gasteiger partial charge in [-0.2, -0.15) is 0 Å². The fraction of sp³-hybridized carbons (Fsp3) is 0.333. The van der Waals surface area contributed by atoms with E-state index in [0.29, 0.717) is 12.2 Å². The Balaban J connectivity index is 1.89. The molecule has 0 unspecified atom stereocenters. The van der Waals surface area contributed by atoms with Crippen molar-refractivity contribution in [3.8, 4) is 11.3 Å².